The van der Waals surface area contributed by atoms with Gasteiger partial charge in [-0.2, -0.15) is 8.78 Å². The zero-order valence-electron chi connectivity index (χ0n) is 14.1. The van der Waals surface area contributed by atoms with Crippen molar-refractivity contribution in [2.24, 2.45) is 10.9 Å². The highest BCUT2D eigenvalue weighted by Gasteiger charge is 2.28. The Morgan fingerprint density at radius 1 is 1.27 bits per heavy atom. The molecule has 1 aliphatic carbocycles. The molecule has 6 nitrogen and oxygen atoms in total. The number of ether oxygens (including phenoxy) is 1. The van der Waals surface area contributed by atoms with E-state index in [0.29, 0.717) is 29.6 Å². The SMILES string of the molecule is CN=C(NCCNC(=O)C1CC1)NCc1cc(Cl)cc(Cl)c1OC(F)F. The van der Waals surface area contributed by atoms with Crippen molar-refractivity contribution in [1.82, 2.24) is 16.0 Å². The van der Waals surface area contributed by atoms with Crippen molar-refractivity contribution in [3.8, 4) is 5.75 Å². The summed E-state index contributed by atoms with van der Waals surface area (Å²) < 4.78 is 29.6. The summed E-state index contributed by atoms with van der Waals surface area (Å²) in [4.78, 5) is 15.6. The number of benzene rings is 1. The fraction of sp³-hybridized carbons (Fsp3) is 0.500. The zero-order valence-corrected chi connectivity index (χ0v) is 15.6. The summed E-state index contributed by atoms with van der Waals surface area (Å²) in [5, 5.41) is 9.10. The van der Waals surface area contributed by atoms with Gasteiger partial charge in [-0.3, -0.25) is 9.79 Å². The van der Waals surface area contributed by atoms with E-state index in [2.05, 4.69) is 25.7 Å². The van der Waals surface area contributed by atoms with Crippen molar-refractivity contribution >= 4 is 35.1 Å². The van der Waals surface area contributed by atoms with Crippen LogP contribution in [0.4, 0.5) is 8.78 Å². The normalized spacial score (nSPS) is 14.3. The number of nitrogens with zero attached hydrogens (tertiary/aromatic N) is 1. The third kappa shape index (κ3) is 6.49. The fourth-order valence-corrected chi connectivity index (χ4v) is 2.80. The average molecular weight is 409 g/mol. The lowest BCUT2D eigenvalue weighted by Crippen LogP contribution is -2.41. The van der Waals surface area contributed by atoms with E-state index in [-0.39, 0.29) is 29.1 Å². The molecule has 3 N–H and O–H groups in total. The molecule has 1 aliphatic rings. The van der Waals surface area contributed by atoms with Gasteiger partial charge in [0.2, 0.25) is 5.91 Å². The topological polar surface area (TPSA) is 74.8 Å². The number of alkyl halides is 2. The number of nitrogens with one attached hydrogen (secondary N) is 3. The van der Waals surface area contributed by atoms with Crippen LogP contribution >= 0.6 is 23.2 Å². The molecule has 10 heteroatoms. The Balaban J connectivity index is 1.86. The highest BCUT2D eigenvalue weighted by Crippen LogP contribution is 2.33. The lowest BCUT2D eigenvalue weighted by atomic mass is 10.2. The van der Waals surface area contributed by atoms with Gasteiger partial charge in [-0.05, 0) is 25.0 Å². The second kappa shape index (κ2) is 9.78. The van der Waals surface area contributed by atoms with E-state index in [4.69, 9.17) is 23.2 Å². The smallest absolute Gasteiger partial charge is 0.387 e. The summed E-state index contributed by atoms with van der Waals surface area (Å²) in [6.07, 6.45) is 1.90. The number of carbonyl (C=O) groups is 1. The molecule has 0 aromatic heterocycles. The van der Waals surface area contributed by atoms with Crippen molar-refractivity contribution in [3.05, 3.63) is 27.7 Å². The van der Waals surface area contributed by atoms with E-state index in [9.17, 15) is 13.6 Å². The summed E-state index contributed by atoms with van der Waals surface area (Å²) in [5.74, 6) is 0.529. The number of aliphatic imine (C=N–C) groups is 1. The molecule has 0 saturated heterocycles. The second-order valence-corrected chi connectivity index (χ2v) is 6.52. The van der Waals surface area contributed by atoms with E-state index in [1.807, 2.05) is 0 Å². The summed E-state index contributed by atoms with van der Waals surface area (Å²) in [7, 11) is 1.57. The number of hydrogen-bond donors (Lipinski definition) is 3. The van der Waals surface area contributed by atoms with Crippen LogP contribution in [0, 0.1) is 5.92 Å². The first-order valence-electron chi connectivity index (χ1n) is 8.05. The molecule has 0 spiro atoms. The summed E-state index contributed by atoms with van der Waals surface area (Å²) in [6.45, 7) is -1.95. The van der Waals surface area contributed by atoms with Crippen LogP contribution in [-0.2, 0) is 11.3 Å². The maximum absolute atomic E-state index is 12.6. The molecular formula is C16H20Cl2F2N4O2. The molecule has 1 aromatic rings. The zero-order chi connectivity index (χ0) is 19.1. The molecule has 0 atom stereocenters. The van der Waals surface area contributed by atoms with E-state index in [0.717, 1.165) is 12.8 Å². The molecule has 1 amide bonds. The van der Waals surface area contributed by atoms with Gasteiger partial charge in [-0.15, -0.1) is 0 Å². The molecule has 1 saturated carbocycles. The minimum Gasteiger partial charge on any atom is -0.433 e. The first-order chi connectivity index (χ1) is 12.4. The second-order valence-electron chi connectivity index (χ2n) is 5.67. The van der Waals surface area contributed by atoms with Crippen LogP contribution in [0.25, 0.3) is 0 Å². The summed E-state index contributed by atoms with van der Waals surface area (Å²) >= 11 is 11.9. The van der Waals surface area contributed by atoms with Gasteiger partial charge in [0, 0.05) is 43.2 Å². The van der Waals surface area contributed by atoms with Crippen molar-refractivity contribution < 1.29 is 18.3 Å². The fourth-order valence-electron chi connectivity index (χ4n) is 2.22. The number of amides is 1. The number of rotatable bonds is 8. The summed E-state index contributed by atoms with van der Waals surface area (Å²) in [6, 6.07) is 2.82. The molecular weight excluding hydrogens is 389 g/mol. The van der Waals surface area contributed by atoms with Crippen LogP contribution in [0.15, 0.2) is 17.1 Å². The van der Waals surface area contributed by atoms with Crippen LogP contribution in [0.3, 0.4) is 0 Å². The lowest BCUT2D eigenvalue weighted by molar-refractivity contribution is -0.122. The maximum atomic E-state index is 12.6. The van der Waals surface area contributed by atoms with Gasteiger partial charge in [-0.1, -0.05) is 23.2 Å². The minimum absolute atomic E-state index is 0.000310. The molecule has 0 radical (unpaired) electrons. The number of halogens is 4. The van der Waals surface area contributed by atoms with Crippen LogP contribution in [-0.4, -0.2) is 38.6 Å². The highest BCUT2D eigenvalue weighted by molar-refractivity contribution is 6.35. The third-order valence-electron chi connectivity index (χ3n) is 3.63. The first kappa shape index (κ1) is 20.5. The third-order valence-corrected chi connectivity index (χ3v) is 4.13. The maximum Gasteiger partial charge on any atom is 0.387 e. The molecule has 144 valence electrons. The largest absolute Gasteiger partial charge is 0.433 e. The van der Waals surface area contributed by atoms with Crippen LogP contribution < -0.4 is 20.7 Å². The molecule has 0 unspecified atom stereocenters. The Morgan fingerprint density at radius 3 is 2.58 bits per heavy atom. The van der Waals surface area contributed by atoms with Crippen LogP contribution in [0.1, 0.15) is 18.4 Å². The molecule has 26 heavy (non-hydrogen) atoms. The van der Waals surface area contributed by atoms with Crippen molar-refractivity contribution in [3.63, 3.8) is 0 Å². The van der Waals surface area contributed by atoms with Crippen LogP contribution in [0.5, 0.6) is 5.75 Å². The summed E-state index contributed by atoms with van der Waals surface area (Å²) in [5.41, 5.74) is 0.368. The van der Waals surface area contributed by atoms with E-state index in [1.165, 1.54) is 12.1 Å². The predicted octanol–water partition coefficient (Wildman–Crippen LogP) is 2.79. The molecule has 1 aromatic carbocycles. The predicted molar refractivity (Wildman–Crippen MR) is 97.0 cm³/mol. The monoisotopic (exact) mass is 408 g/mol. The molecule has 0 heterocycles. The minimum atomic E-state index is -3.00. The number of carbonyl (C=O) groups excluding carboxylic acids is 1. The van der Waals surface area contributed by atoms with Gasteiger partial charge in [-0.25, -0.2) is 0 Å². The van der Waals surface area contributed by atoms with Crippen LogP contribution in [0.2, 0.25) is 10.0 Å². The van der Waals surface area contributed by atoms with Crippen molar-refractivity contribution in [2.45, 2.75) is 26.0 Å². The van der Waals surface area contributed by atoms with E-state index in [1.54, 1.807) is 7.05 Å². The Morgan fingerprint density at radius 2 is 1.96 bits per heavy atom. The van der Waals surface area contributed by atoms with Crippen molar-refractivity contribution in [1.29, 1.82) is 0 Å². The number of guanidine groups is 1. The Bertz CT molecular complexity index is 670. The number of hydrogen-bond acceptors (Lipinski definition) is 3. The van der Waals surface area contributed by atoms with E-state index < -0.39 is 6.61 Å². The average Bonchev–Trinajstić information content (AvgIpc) is 3.41. The lowest BCUT2D eigenvalue weighted by Gasteiger charge is -2.16. The van der Waals surface area contributed by atoms with Gasteiger partial charge in [0.15, 0.2) is 5.96 Å². The standard InChI is InChI=1S/C16H20Cl2F2N4O2/c1-21-16(23-5-4-22-14(25)9-2-3-9)24-8-10-6-11(17)7-12(18)13(10)26-15(19)20/h6-7,9,15H,2-5,8H2,1H3,(H,22,25)(H2,21,23,24). The van der Waals surface area contributed by atoms with Crippen molar-refractivity contribution in [2.75, 3.05) is 20.1 Å². The Kier molecular flexibility index (Phi) is 7.71. The first-order valence-corrected chi connectivity index (χ1v) is 8.81. The Labute approximate surface area is 160 Å². The van der Waals surface area contributed by atoms with E-state index >= 15 is 0 Å². The highest BCUT2D eigenvalue weighted by atomic mass is 35.5. The molecule has 0 aliphatic heterocycles. The molecule has 2 rings (SSSR count). The molecule has 0 bridgehead atoms. The Hall–Kier alpha value is -1.80. The van der Waals surface area contributed by atoms with Gasteiger partial charge >= 0.3 is 6.61 Å². The van der Waals surface area contributed by atoms with Gasteiger partial charge in [0.05, 0.1) is 5.02 Å². The van der Waals surface area contributed by atoms with Gasteiger partial charge in [0.25, 0.3) is 0 Å². The quantitative estimate of drug-likeness (QED) is 0.351. The van der Waals surface area contributed by atoms with Gasteiger partial charge < -0.3 is 20.7 Å². The molecule has 1 fully saturated rings. The van der Waals surface area contributed by atoms with Gasteiger partial charge in [0.1, 0.15) is 5.75 Å².